The quantitative estimate of drug-likeness (QED) is 0.523. The van der Waals surface area contributed by atoms with Gasteiger partial charge < -0.3 is 28.3 Å². The standard InChI is InChI=1S/C7H12O6Si3.C3H10OSi/c8-4-2(7(9)10)1-3(11-14)5(12-15)6(4)13-16;1-5(2,3)4/h1,8H,14-16H3,(H,9,10);4H,1-3H3. The first-order chi connectivity index (χ1) is 9.56. The molecule has 0 aromatic heterocycles. The highest BCUT2D eigenvalue weighted by Crippen LogP contribution is 2.45. The average molecular weight is 367 g/mol. The number of carbonyl (C=O) groups is 1. The number of hydrogen-bond donors (Lipinski definition) is 3. The number of benzene rings is 1. The minimum atomic E-state index is -1.61. The Morgan fingerprint density at radius 3 is 1.81 bits per heavy atom. The smallest absolute Gasteiger partial charge is 0.339 e. The van der Waals surface area contributed by atoms with E-state index in [1.165, 1.54) is 6.07 Å². The number of carboxylic acid groups (broad SMARTS) is 1. The first-order valence-corrected chi connectivity index (χ1v) is 11.9. The predicted octanol–water partition coefficient (Wildman–Crippen LogP) is -2.12. The van der Waals surface area contributed by atoms with Gasteiger partial charge in [-0.2, -0.15) is 0 Å². The summed E-state index contributed by atoms with van der Waals surface area (Å²) >= 11 is 0. The molecular formula is C10H22O7Si4. The molecule has 1 aromatic rings. The summed E-state index contributed by atoms with van der Waals surface area (Å²) in [7, 11) is -0.525. The maximum Gasteiger partial charge on any atom is 0.339 e. The molecule has 0 aliphatic carbocycles. The van der Waals surface area contributed by atoms with Crippen molar-refractivity contribution in [3.05, 3.63) is 11.6 Å². The molecule has 0 radical (unpaired) electrons. The Balaban J connectivity index is 0.000000690. The lowest BCUT2D eigenvalue weighted by Crippen LogP contribution is -2.17. The van der Waals surface area contributed by atoms with Gasteiger partial charge in [0.05, 0.1) is 0 Å². The lowest BCUT2D eigenvalue weighted by molar-refractivity contribution is 0.0693. The monoisotopic (exact) mass is 366 g/mol. The second kappa shape index (κ2) is 8.23. The number of hydrogen-bond acceptors (Lipinski definition) is 6. The van der Waals surface area contributed by atoms with Crippen LogP contribution in [-0.2, 0) is 0 Å². The van der Waals surface area contributed by atoms with Crippen LogP contribution in [0.25, 0.3) is 0 Å². The molecule has 1 rings (SSSR count). The van der Waals surface area contributed by atoms with Crippen molar-refractivity contribution in [2.75, 3.05) is 0 Å². The number of rotatable bonds is 4. The van der Waals surface area contributed by atoms with E-state index in [-0.39, 0.29) is 17.1 Å². The second-order valence-electron chi connectivity index (χ2n) is 5.02. The van der Waals surface area contributed by atoms with E-state index in [0.29, 0.717) is 37.2 Å². The Bertz CT molecular complexity index is 495. The van der Waals surface area contributed by atoms with Crippen LogP contribution in [0.3, 0.4) is 0 Å². The van der Waals surface area contributed by atoms with E-state index >= 15 is 0 Å². The summed E-state index contributed by atoms with van der Waals surface area (Å²) in [6.07, 6.45) is 0. The van der Waals surface area contributed by atoms with E-state index in [0.717, 1.165) is 0 Å². The molecule has 120 valence electrons. The molecule has 0 spiro atoms. The zero-order valence-corrected chi connectivity index (χ0v) is 20.1. The number of aromatic carboxylic acids is 1. The number of aromatic hydroxyl groups is 1. The third-order valence-electron chi connectivity index (χ3n) is 2.03. The molecule has 1 aromatic carbocycles. The van der Waals surface area contributed by atoms with E-state index in [1.54, 1.807) is 0 Å². The van der Waals surface area contributed by atoms with Crippen molar-refractivity contribution in [1.82, 2.24) is 0 Å². The van der Waals surface area contributed by atoms with Gasteiger partial charge >= 0.3 is 5.97 Å². The van der Waals surface area contributed by atoms with Gasteiger partial charge in [-0.05, 0) is 19.6 Å². The summed E-state index contributed by atoms with van der Waals surface area (Å²) in [6.45, 7) is 5.65. The minimum Gasteiger partial charge on any atom is -0.551 e. The van der Waals surface area contributed by atoms with Crippen LogP contribution in [0, 0.1) is 0 Å². The van der Waals surface area contributed by atoms with Crippen LogP contribution in [0.1, 0.15) is 10.4 Å². The van der Waals surface area contributed by atoms with Crippen LogP contribution in [-0.4, -0.2) is 60.8 Å². The first kappa shape index (κ1) is 19.7. The van der Waals surface area contributed by atoms with E-state index in [9.17, 15) is 9.90 Å². The zero-order valence-electron chi connectivity index (χ0n) is 13.1. The molecule has 0 unspecified atom stereocenters. The lowest BCUT2D eigenvalue weighted by atomic mass is 10.1. The molecular weight excluding hydrogens is 344 g/mol. The lowest BCUT2D eigenvalue weighted by Gasteiger charge is -2.16. The Labute approximate surface area is 133 Å². The van der Waals surface area contributed by atoms with Crippen molar-refractivity contribution < 1.29 is 33.1 Å². The van der Waals surface area contributed by atoms with Crippen LogP contribution < -0.4 is 13.3 Å². The van der Waals surface area contributed by atoms with Crippen molar-refractivity contribution >= 4 is 45.7 Å². The number of carboxylic acids is 1. The van der Waals surface area contributed by atoms with Gasteiger partial charge in [0.15, 0.2) is 25.6 Å². The van der Waals surface area contributed by atoms with Gasteiger partial charge in [-0.1, -0.05) is 0 Å². The SMILES string of the molecule is C[Si](C)(C)O.O=C(O)c1cc(O[SiH3])c(O[SiH3])c(O[SiH3])c1O. The topological polar surface area (TPSA) is 105 Å². The highest BCUT2D eigenvalue weighted by molar-refractivity contribution is 6.68. The molecule has 0 saturated carbocycles. The zero-order chi connectivity index (χ0) is 16.8. The van der Waals surface area contributed by atoms with Crippen molar-refractivity contribution in [3.63, 3.8) is 0 Å². The molecule has 0 atom stereocenters. The Kier molecular flexibility index (Phi) is 7.73. The molecule has 3 N–H and O–H groups in total. The first-order valence-electron chi connectivity index (χ1n) is 6.04. The van der Waals surface area contributed by atoms with Crippen molar-refractivity contribution in [1.29, 1.82) is 0 Å². The van der Waals surface area contributed by atoms with Gasteiger partial charge in [-0.3, -0.25) is 0 Å². The summed E-state index contributed by atoms with van der Waals surface area (Å²) in [5.41, 5.74) is -0.251. The summed E-state index contributed by atoms with van der Waals surface area (Å²) in [4.78, 5) is 19.5. The Morgan fingerprint density at radius 1 is 1.10 bits per heavy atom. The van der Waals surface area contributed by atoms with Gasteiger partial charge in [-0.15, -0.1) is 0 Å². The van der Waals surface area contributed by atoms with E-state index in [2.05, 4.69) is 0 Å². The molecule has 0 saturated heterocycles. The maximum atomic E-state index is 10.9. The molecule has 0 amide bonds. The molecule has 0 aliphatic heterocycles. The molecule has 11 heteroatoms. The van der Waals surface area contributed by atoms with E-state index < -0.39 is 20.0 Å². The van der Waals surface area contributed by atoms with Gasteiger partial charge in [0.1, 0.15) is 11.3 Å². The fourth-order valence-electron chi connectivity index (χ4n) is 1.30. The predicted molar refractivity (Wildman–Crippen MR) is 92.3 cm³/mol. The normalized spacial score (nSPS) is 10.7. The fourth-order valence-corrected chi connectivity index (χ4v) is 2.37. The van der Waals surface area contributed by atoms with Gasteiger partial charge in [0, 0.05) is 6.07 Å². The van der Waals surface area contributed by atoms with Crippen LogP contribution in [0.2, 0.25) is 19.6 Å². The highest BCUT2D eigenvalue weighted by atomic mass is 28.4. The van der Waals surface area contributed by atoms with Gasteiger partial charge in [-0.25, -0.2) is 4.79 Å². The van der Waals surface area contributed by atoms with Crippen molar-refractivity contribution in [3.8, 4) is 23.0 Å². The second-order valence-corrected chi connectivity index (χ2v) is 10.6. The van der Waals surface area contributed by atoms with E-state index in [1.807, 2.05) is 19.6 Å². The van der Waals surface area contributed by atoms with Crippen molar-refractivity contribution in [2.24, 2.45) is 0 Å². The minimum absolute atomic E-state index is 0.0485. The summed E-state index contributed by atoms with van der Waals surface area (Å²) in [6, 6.07) is 1.24. The maximum absolute atomic E-state index is 10.9. The van der Waals surface area contributed by atoms with Gasteiger partial charge in [0.2, 0.25) is 31.5 Å². The summed E-state index contributed by atoms with van der Waals surface area (Å²) in [5, 5.41) is 18.6. The number of phenols is 1. The molecule has 0 fully saturated rings. The molecule has 0 heterocycles. The molecule has 0 aliphatic rings. The summed E-state index contributed by atoms with van der Waals surface area (Å²) in [5.74, 6) is -1.04. The summed E-state index contributed by atoms with van der Waals surface area (Å²) < 4.78 is 15.3. The van der Waals surface area contributed by atoms with Crippen LogP contribution >= 0.6 is 0 Å². The molecule has 21 heavy (non-hydrogen) atoms. The fraction of sp³-hybridized carbons (Fsp3) is 0.300. The van der Waals surface area contributed by atoms with Crippen LogP contribution in [0.15, 0.2) is 6.07 Å². The Morgan fingerprint density at radius 2 is 1.52 bits per heavy atom. The third kappa shape index (κ3) is 6.34. The highest BCUT2D eigenvalue weighted by Gasteiger charge is 2.22. The molecule has 7 nitrogen and oxygen atoms in total. The van der Waals surface area contributed by atoms with Crippen LogP contribution in [0.5, 0.6) is 23.0 Å². The van der Waals surface area contributed by atoms with Crippen molar-refractivity contribution in [2.45, 2.75) is 19.6 Å². The average Bonchev–Trinajstić information content (AvgIpc) is 2.35. The Hall–Kier alpha value is -1.28. The van der Waals surface area contributed by atoms with Gasteiger partial charge in [0.25, 0.3) is 0 Å². The largest absolute Gasteiger partial charge is 0.551 e. The third-order valence-corrected chi connectivity index (χ3v) is 3.29. The molecule has 0 bridgehead atoms. The van der Waals surface area contributed by atoms with Crippen LogP contribution in [0.4, 0.5) is 0 Å². The van der Waals surface area contributed by atoms with E-state index in [4.69, 9.17) is 23.2 Å².